The van der Waals surface area contributed by atoms with Gasteiger partial charge in [0.1, 0.15) is 0 Å². The Bertz CT molecular complexity index is 741. The van der Waals surface area contributed by atoms with Crippen molar-refractivity contribution >= 4 is 5.91 Å². The minimum atomic E-state index is 0.160. The number of likely N-dealkylation sites (N-methyl/N-ethyl adjacent to an activating group) is 1. The smallest absolute Gasteiger partial charge is 0.253 e. The Morgan fingerprint density at radius 3 is 2.58 bits per heavy atom. The molecule has 4 rings (SSSR count). The van der Waals surface area contributed by atoms with Gasteiger partial charge in [0.05, 0.1) is 6.67 Å². The molecular weight excluding hydrogens is 324 g/mol. The summed E-state index contributed by atoms with van der Waals surface area (Å²) in [5.74, 6) is 0.160. The Balaban J connectivity index is 1.38. The van der Waals surface area contributed by atoms with Crippen molar-refractivity contribution in [1.82, 2.24) is 19.7 Å². The normalized spacial score (nSPS) is 20.6. The van der Waals surface area contributed by atoms with Crippen molar-refractivity contribution in [1.29, 1.82) is 0 Å². The second-order valence-corrected chi connectivity index (χ2v) is 7.57. The van der Waals surface area contributed by atoms with Crippen LogP contribution >= 0.6 is 0 Å². The maximum absolute atomic E-state index is 12.7. The lowest BCUT2D eigenvalue weighted by Crippen LogP contribution is -2.53. The van der Waals surface area contributed by atoms with Gasteiger partial charge in [-0.3, -0.25) is 19.6 Å². The monoisotopic (exact) mass is 350 g/mol. The second-order valence-electron chi connectivity index (χ2n) is 7.57. The quantitative estimate of drug-likeness (QED) is 0.853. The van der Waals surface area contributed by atoms with E-state index in [-0.39, 0.29) is 11.4 Å². The third kappa shape index (κ3) is 3.37. The highest BCUT2D eigenvalue weighted by Crippen LogP contribution is 2.34. The van der Waals surface area contributed by atoms with Gasteiger partial charge in [-0.1, -0.05) is 24.3 Å². The van der Waals surface area contributed by atoms with Gasteiger partial charge in [0.25, 0.3) is 5.91 Å². The number of likely N-dealkylation sites (tertiary alicyclic amines) is 1. The minimum absolute atomic E-state index is 0.160. The van der Waals surface area contributed by atoms with E-state index in [2.05, 4.69) is 27.9 Å². The Labute approximate surface area is 155 Å². The van der Waals surface area contributed by atoms with Crippen LogP contribution in [0.3, 0.4) is 0 Å². The van der Waals surface area contributed by atoms with Crippen molar-refractivity contribution in [2.45, 2.75) is 24.9 Å². The molecule has 2 aromatic rings. The number of carbonyl (C=O) groups excluding carboxylic acids is 1. The van der Waals surface area contributed by atoms with Crippen LogP contribution in [-0.4, -0.2) is 64.5 Å². The molecule has 0 saturated carbocycles. The molecular formula is C21H26N4O. The van der Waals surface area contributed by atoms with Gasteiger partial charge in [0.15, 0.2) is 0 Å². The molecule has 1 aromatic heterocycles. The van der Waals surface area contributed by atoms with E-state index in [9.17, 15) is 4.79 Å². The molecule has 1 aromatic carbocycles. The van der Waals surface area contributed by atoms with Crippen LogP contribution in [0.4, 0.5) is 0 Å². The molecule has 0 atom stereocenters. The van der Waals surface area contributed by atoms with E-state index in [1.165, 1.54) is 5.56 Å². The number of pyridine rings is 1. The SMILES string of the molecule is CN1CN(Cc2cccnc2)CC12CCN(C(=O)c1ccccc1)CC2. The number of aromatic nitrogens is 1. The molecule has 3 heterocycles. The summed E-state index contributed by atoms with van der Waals surface area (Å²) in [5, 5.41) is 0. The molecule has 1 amide bonds. The second kappa shape index (κ2) is 7.17. The molecule has 2 aliphatic heterocycles. The van der Waals surface area contributed by atoms with E-state index in [1.807, 2.05) is 53.7 Å². The van der Waals surface area contributed by atoms with E-state index in [0.29, 0.717) is 0 Å². The van der Waals surface area contributed by atoms with E-state index in [0.717, 1.165) is 51.3 Å². The molecule has 5 nitrogen and oxygen atoms in total. The fourth-order valence-electron chi connectivity index (χ4n) is 4.32. The molecule has 2 saturated heterocycles. The minimum Gasteiger partial charge on any atom is -0.339 e. The van der Waals surface area contributed by atoms with Crippen LogP contribution in [0.15, 0.2) is 54.9 Å². The van der Waals surface area contributed by atoms with Crippen molar-refractivity contribution in [3.05, 3.63) is 66.0 Å². The van der Waals surface area contributed by atoms with Crippen LogP contribution in [0.5, 0.6) is 0 Å². The molecule has 0 unspecified atom stereocenters. The van der Waals surface area contributed by atoms with Crippen molar-refractivity contribution in [3.8, 4) is 0 Å². The van der Waals surface area contributed by atoms with Crippen molar-refractivity contribution in [2.75, 3.05) is 33.4 Å². The number of carbonyl (C=O) groups is 1. The summed E-state index contributed by atoms with van der Waals surface area (Å²) in [5.41, 5.74) is 2.24. The topological polar surface area (TPSA) is 39.7 Å². The van der Waals surface area contributed by atoms with Gasteiger partial charge in [-0.15, -0.1) is 0 Å². The first-order valence-corrected chi connectivity index (χ1v) is 9.33. The number of benzene rings is 1. The predicted molar refractivity (Wildman–Crippen MR) is 102 cm³/mol. The van der Waals surface area contributed by atoms with Crippen LogP contribution in [-0.2, 0) is 6.54 Å². The highest BCUT2D eigenvalue weighted by molar-refractivity contribution is 5.94. The van der Waals surface area contributed by atoms with Crippen LogP contribution in [0, 0.1) is 0 Å². The van der Waals surface area contributed by atoms with Gasteiger partial charge < -0.3 is 4.90 Å². The fourth-order valence-corrected chi connectivity index (χ4v) is 4.32. The number of rotatable bonds is 3. The zero-order valence-electron chi connectivity index (χ0n) is 15.3. The first kappa shape index (κ1) is 17.2. The van der Waals surface area contributed by atoms with E-state index in [4.69, 9.17) is 0 Å². The average Bonchev–Trinajstić information content (AvgIpc) is 2.98. The molecule has 0 bridgehead atoms. The van der Waals surface area contributed by atoms with Crippen LogP contribution in [0.1, 0.15) is 28.8 Å². The first-order valence-electron chi connectivity index (χ1n) is 9.33. The lowest BCUT2D eigenvalue weighted by atomic mass is 9.86. The predicted octanol–water partition coefficient (Wildman–Crippen LogP) is 2.46. The zero-order chi connectivity index (χ0) is 18.0. The highest BCUT2D eigenvalue weighted by Gasteiger charge is 2.45. The van der Waals surface area contributed by atoms with Crippen molar-refractivity contribution in [3.63, 3.8) is 0 Å². The molecule has 0 radical (unpaired) electrons. The molecule has 0 N–H and O–H groups in total. The number of hydrogen-bond donors (Lipinski definition) is 0. The summed E-state index contributed by atoms with van der Waals surface area (Å²) in [7, 11) is 2.22. The summed E-state index contributed by atoms with van der Waals surface area (Å²) in [6, 6.07) is 13.8. The zero-order valence-corrected chi connectivity index (χ0v) is 15.3. The molecule has 2 aliphatic rings. The third-order valence-corrected chi connectivity index (χ3v) is 5.87. The van der Waals surface area contributed by atoms with E-state index in [1.54, 1.807) is 0 Å². The lowest BCUT2D eigenvalue weighted by molar-refractivity contribution is 0.0524. The summed E-state index contributed by atoms with van der Waals surface area (Å²) < 4.78 is 0. The summed E-state index contributed by atoms with van der Waals surface area (Å²) >= 11 is 0. The Morgan fingerprint density at radius 2 is 1.88 bits per heavy atom. The largest absolute Gasteiger partial charge is 0.339 e. The Kier molecular flexibility index (Phi) is 4.74. The number of nitrogens with zero attached hydrogens (tertiary/aromatic N) is 4. The van der Waals surface area contributed by atoms with Gasteiger partial charge in [0, 0.05) is 49.7 Å². The van der Waals surface area contributed by atoms with Gasteiger partial charge >= 0.3 is 0 Å². The molecule has 0 aliphatic carbocycles. The molecule has 1 spiro atoms. The van der Waals surface area contributed by atoms with Gasteiger partial charge in [-0.05, 0) is 43.7 Å². The third-order valence-electron chi connectivity index (χ3n) is 5.87. The number of hydrogen-bond acceptors (Lipinski definition) is 4. The summed E-state index contributed by atoms with van der Waals surface area (Å²) in [6.07, 6.45) is 5.84. The average molecular weight is 350 g/mol. The van der Waals surface area contributed by atoms with Gasteiger partial charge in [-0.25, -0.2) is 0 Å². The fraction of sp³-hybridized carbons (Fsp3) is 0.429. The molecule has 5 heteroatoms. The summed E-state index contributed by atoms with van der Waals surface area (Å²) in [6.45, 7) is 4.64. The van der Waals surface area contributed by atoms with Gasteiger partial charge in [-0.2, -0.15) is 0 Å². The molecule has 2 fully saturated rings. The lowest BCUT2D eigenvalue weighted by Gasteiger charge is -2.43. The Morgan fingerprint density at radius 1 is 1.12 bits per heavy atom. The summed E-state index contributed by atoms with van der Waals surface area (Å²) in [4.78, 5) is 23.9. The van der Waals surface area contributed by atoms with Crippen LogP contribution in [0.2, 0.25) is 0 Å². The standard InChI is InChI=1S/C21H26N4O/c1-23-17-24(15-18-6-5-11-22-14-18)16-21(23)9-12-25(13-10-21)20(26)19-7-3-2-4-8-19/h2-8,11,14H,9-10,12-13,15-17H2,1H3. The highest BCUT2D eigenvalue weighted by atomic mass is 16.2. The van der Waals surface area contributed by atoms with E-state index < -0.39 is 0 Å². The number of amides is 1. The van der Waals surface area contributed by atoms with Crippen molar-refractivity contribution in [2.24, 2.45) is 0 Å². The maximum Gasteiger partial charge on any atom is 0.253 e. The number of piperidine rings is 1. The van der Waals surface area contributed by atoms with Crippen LogP contribution in [0.25, 0.3) is 0 Å². The van der Waals surface area contributed by atoms with Crippen molar-refractivity contribution < 1.29 is 4.79 Å². The van der Waals surface area contributed by atoms with Crippen LogP contribution < -0.4 is 0 Å². The van der Waals surface area contributed by atoms with E-state index >= 15 is 0 Å². The molecule has 136 valence electrons. The first-order chi connectivity index (χ1) is 12.7. The maximum atomic E-state index is 12.7. The molecule has 26 heavy (non-hydrogen) atoms. The Hall–Kier alpha value is -2.24. The van der Waals surface area contributed by atoms with Gasteiger partial charge in [0.2, 0.25) is 0 Å².